The van der Waals surface area contributed by atoms with Crippen molar-refractivity contribution in [3.63, 3.8) is 0 Å². The number of methoxy groups -OCH3 is 1. The van der Waals surface area contributed by atoms with Crippen molar-refractivity contribution in [3.8, 4) is 0 Å². The van der Waals surface area contributed by atoms with E-state index in [1.165, 1.54) is 12.0 Å². The summed E-state index contributed by atoms with van der Waals surface area (Å²) in [6, 6.07) is 2.17. The molecule has 6 nitrogen and oxygen atoms in total. The standard InChI is InChI=1S/C14H16ClF3N2O4S/c1-24-9-13(21)19-4-6-20(7-5-19)25(22,23)12-8-10(14(16,17)18)2-3-11(12)15/h2-3,8H,4-7,9H2,1H3. The summed E-state index contributed by atoms with van der Waals surface area (Å²) in [5.41, 5.74) is -1.09. The van der Waals surface area contributed by atoms with E-state index >= 15 is 0 Å². The molecule has 0 radical (unpaired) electrons. The van der Waals surface area contributed by atoms with Crippen LogP contribution in [0.3, 0.4) is 0 Å². The van der Waals surface area contributed by atoms with Crippen LogP contribution in [0.2, 0.25) is 5.02 Å². The summed E-state index contributed by atoms with van der Waals surface area (Å²) in [7, 11) is -2.84. The predicted octanol–water partition coefficient (Wildman–Crippen LogP) is 1.84. The van der Waals surface area contributed by atoms with Gasteiger partial charge in [0, 0.05) is 33.3 Å². The lowest BCUT2D eigenvalue weighted by Crippen LogP contribution is -2.51. The van der Waals surface area contributed by atoms with Crippen LogP contribution in [0.1, 0.15) is 5.56 Å². The van der Waals surface area contributed by atoms with Gasteiger partial charge in [0.1, 0.15) is 11.5 Å². The van der Waals surface area contributed by atoms with Gasteiger partial charge in [-0.2, -0.15) is 17.5 Å². The van der Waals surface area contributed by atoms with Gasteiger partial charge in [0.05, 0.1) is 10.6 Å². The number of carbonyl (C=O) groups excluding carboxylic acids is 1. The molecule has 0 atom stereocenters. The molecule has 1 heterocycles. The van der Waals surface area contributed by atoms with Crippen molar-refractivity contribution in [3.05, 3.63) is 28.8 Å². The quantitative estimate of drug-likeness (QED) is 0.773. The average Bonchev–Trinajstić information content (AvgIpc) is 2.54. The van der Waals surface area contributed by atoms with Crippen molar-refractivity contribution >= 4 is 27.5 Å². The highest BCUT2D eigenvalue weighted by molar-refractivity contribution is 7.89. The van der Waals surface area contributed by atoms with Crippen LogP contribution in [0.15, 0.2) is 23.1 Å². The van der Waals surface area contributed by atoms with Crippen LogP contribution in [0.25, 0.3) is 0 Å². The first-order chi connectivity index (χ1) is 11.6. The van der Waals surface area contributed by atoms with E-state index in [0.29, 0.717) is 6.07 Å². The Hall–Kier alpha value is -1.36. The molecule has 0 N–H and O–H groups in total. The van der Waals surface area contributed by atoms with Crippen LogP contribution in [0.5, 0.6) is 0 Å². The number of rotatable bonds is 4. The van der Waals surface area contributed by atoms with Crippen LogP contribution in [0, 0.1) is 0 Å². The zero-order chi connectivity index (χ0) is 18.8. The summed E-state index contributed by atoms with van der Waals surface area (Å²) in [6.45, 7) is 0.0525. The number of alkyl halides is 3. The second-order valence-corrected chi connectivity index (χ2v) is 7.67. The number of hydrogen-bond donors (Lipinski definition) is 0. The number of hydrogen-bond acceptors (Lipinski definition) is 4. The molecule has 1 aromatic rings. The van der Waals surface area contributed by atoms with Crippen LogP contribution in [0.4, 0.5) is 13.2 Å². The van der Waals surface area contributed by atoms with Crippen molar-refractivity contribution in [2.24, 2.45) is 0 Å². The molecule has 140 valence electrons. The van der Waals surface area contributed by atoms with Crippen molar-refractivity contribution in [1.29, 1.82) is 0 Å². The number of benzene rings is 1. The summed E-state index contributed by atoms with van der Waals surface area (Å²) in [4.78, 5) is 12.6. The van der Waals surface area contributed by atoms with Gasteiger partial charge in [-0.3, -0.25) is 4.79 Å². The Morgan fingerprint density at radius 3 is 2.36 bits per heavy atom. The smallest absolute Gasteiger partial charge is 0.375 e. The summed E-state index contributed by atoms with van der Waals surface area (Å²) in [5, 5.41) is -0.286. The molecule has 1 amide bonds. The maximum Gasteiger partial charge on any atom is 0.416 e. The monoisotopic (exact) mass is 400 g/mol. The largest absolute Gasteiger partial charge is 0.416 e. The highest BCUT2D eigenvalue weighted by Gasteiger charge is 2.35. The first kappa shape index (κ1) is 20.0. The molecule has 1 aliphatic heterocycles. The Kier molecular flexibility index (Phi) is 5.97. The molecule has 0 aromatic heterocycles. The van der Waals surface area contributed by atoms with E-state index in [0.717, 1.165) is 16.4 Å². The van der Waals surface area contributed by atoms with Crippen molar-refractivity contribution in [2.45, 2.75) is 11.1 Å². The third-order valence-corrected chi connectivity index (χ3v) is 6.12. The van der Waals surface area contributed by atoms with Crippen molar-refractivity contribution in [2.75, 3.05) is 39.9 Å². The molecule has 2 rings (SSSR count). The van der Waals surface area contributed by atoms with E-state index in [9.17, 15) is 26.4 Å². The van der Waals surface area contributed by atoms with E-state index in [-0.39, 0.29) is 43.7 Å². The van der Waals surface area contributed by atoms with Crippen molar-refractivity contribution in [1.82, 2.24) is 9.21 Å². The molecule has 1 aromatic carbocycles. The zero-order valence-electron chi connectivity index (χ0n) is 13.2. The summed E-state index contributed by atoms with van der Waals surface area (Å²) < 4.78 is 69.5. The fraction of sp³-hybridized carbons (Fsp3) is 0.500. The van der Waals surface area contributed by atoms with Gasteiger partial charge in [0.15, 0.2) is 0 Å². The van der Waals surface area contributed by atoms with E-state index in [4.69, 9.17) is 16.3 Å². The van der Waals surface area contributed by atoms with Gasteiger partial charge in [0.2, 0.25) is 15.9 Å². The first-order valence-electron chi connectivity index (χ1n) is 7.21. The number of piperazine rings is 1. The number of nitrogens with zero attached hydrogens (tertiary/aromatic N) is 2. The highest BCUT2D eigenvalue weighted by Crippen LogP contribution is 2.34. The topological polar surface area (TPSA) is 66.9 Å². The summed E-state index contributed by atoms with van der Waals surface area (Å²) in [5.74, 6) is -0.281. The molecule has 0 aliphatic carbocycles. The van der Waals surface area contributed by atoms with E-state index in [2.05, 4.69) is 0 Å². The fourth-order valence-corrected chi connectivity index (χ4v) is 4.33. The first-order valence-corrected chi connectivity index (χ1v) is 9.03. The Labute approximate surface area is 148 Å². The maximum atomic E-state index is 12.8. The molecular weight excluding hydrogens is 385 g/mol. The van der Waals surface area contributed by atoms with Crippen molar-refractivity contribution < 1.29 is 31.1 Å². The minimum Gasteiger partial charge on any atom is -0.375 e. The number of carbonyl (C=O) groups is 1. The predicted molar refractivity (Wildman–Crippen MR) is 83.7 cm³/mol. The third-order valence-electron chi connectivity index (χ3n) is 3.74. The lowest BCUT2D eigenvalue weighted by molar-refractivity contribution is -0.138. The minimum absolute atomic E-state index is 0.0373. The van der Waals surface area contributed by atoms with Crippen LogP contribution in [-0.2, 0) is 25.7 Å². The highest BCUT2D eigenvalue weighted by atomic mass is 35.5. The van der Waals surface area contributed by atoms with Gasteiger partial charge in [-0.1, -0.05) is 11.6 Å². The van der Waals surface area contributed by atoms with E-state index < -0.39 is 26.7 Å². The molecule has 11 heteroatoms. The molecule has 1 fully saturated rings. The van der Waals surface area contributed by atoms with E-state index in [1.807, 2.05) is 0 Å². The second-order valence-electron chi connectivity index (χ2n) is 5.36. The Bertz CT molecular complexity index is 747. The number of amides is 1. The lowest BCUT2D eigenvalue weighted by atomic mass is 10.2. The van der Waals surface area contributed by atoms with E-state index in [1.54, 1.807) is 0 Å². The molecule has 0 unspecified atom stereocenters. The number of sulfonamides is 1. The Morgan fingerprint density at radius 2 is 1.84 bits per heavy atom. The Balaban J connectivity index is 2.22. The minimum atomic E-state index is -4.68. The van der Waals surface area contributed by atoms with Gasteiger partial charge in [-0.25, -0.2) is 8.42 Å². The maximum absolute atomic E-state index is 12.8. The molecule has 0 spiro atoms. The summed E-state index contributed by atoms with van der Waals surface area (Å²) in [6.07, 6.45) is -4.68. The van der Waals surface area contributed by atoms with Gasteiger partial charge in [-0.15, -0.1) is 0 Å². The fourth-order valence-electron chi connectivity index (χ4n) is 2.41. The SMILES string of the molecule is COCC(=O)N1CCN(S(=O)(=O)c2cc(C(F)(F)F)ccc2Cl)CC1. The molecule has 0 saturated carbocycles. The van der Waals surface area contributed by atoms with Crippen LogP contribution in [-0.4, -0.2) is 63.4 Å². The number of halogens is 4. The van der Waals surface area contributed by atoms with Gasteiger partial charge in [-0.05, 0) is 18.2 Å². The Morgan fingerprint density at radius 1 is 1.24 bits per heavy atom. The number of ether oxygens (including phenoxy) is 1. The van der Waals surface area contributed by atoms with Crippen LogP contribution >= 0.6 is 11.6 Å². The molecule has 0 bridgehead atoms. The molecule has 1 aliphatic rings. The second kappa shape index (κ2) is 7.48. The van der Waals surface area contributed by atoms with Crippen LogP contribution < -0.4 is 0 Å². The third kappa shape index (κ3) is 4.43. The summed E-state index contributed by atoms with van der Waals surface area (Å²) >= 11 is 5.82. The van der Waals surface area contributed by atoms with Gasteiger partial charge in [0.25, 0.3) is 0 Å². The van der Waals surface area contributed by atoms with Gasteiger partial charge < -0.3 is 9.64 Å². The van der Waals surface area contributed by atoms with Gasteiger partial charge >= 0.3 is 6.18 Å². The molecular formula is C14H16ClF3N2O4S. The molecule has 25 heavy (non-hydrogen) atoms. The lowest BCUT2D eigenvalue weighted by Gasteiger charge is -2.34. The molecule has 1 saturated heterocycles. The zero-order valence-corrected chi connectivity index (χ0v) is 14.8. The normalized spacial score (nSPS) is 16.9. The average molecular weight is 401 g/mol.